The van der Waals surface area contributed by atoms with Gasteiger partial charge in [0.2, 0.25) is 0 Å². The maximum absolute atomic E-state index is 5.49. The van der Waals surface area contributed by atoms with E-state index in [1.54, 1.807) is 7.11 Å². The normalized spacial score (nSPS) is 19.9. The minimum absolute atomic E-state index is 0.513. The Hall–Kier alpha value is -1.02. The minimum atomic E-state index is 0.513. The van der Waals surface area contributed by atoms with E-state index in [-0.39, 0.29) is 0 Å². The topological polar surface area (TPSA) is 21.3 Å². The zero-order chi connectivity index (χ0) is 12.4. The van der Waals surface area contributed by atoms with Crippen molar-refractivity contribution in [3.63, 3.8) is 0 Å². The molecule has 1 saturated heterocycles. The second-order valence-electron chi connectivity index (χ2n) is 5.30. The van der Waals surface area contributed by atoms with Crippen LogP contribution in [0, 0.1) is 6.92 Å². The third-order valence-corrected chi connectivity index (χ3v) is 3.74. The monoisotopic (exact) mass is 233 g/mol. The highest BCUT2D eigenvalue weighted by atomic mass is 16.5. The summed E-state index contributed by atoms with van der Waals surface area (Å²) in [7, 11) is 1.76. The van der Waals surface area contributed by atoms with Gasteiger partial charge >= 0.3 is 0 Å². The van der Waals surface area contributed by atoms with Crippen LogP contribution in [0.3, 0.4) is 0 Å². The first-order valence-electron chi connectivity index (χ1n) is 6.52. The highest BCUT2D eigenvalue weighted by Gasteiger charge is 2.20. The fourth-order valence-electron chi connectivity index (χ4n) is 2.70. The quantitative estimate of drug-likeness (QED) is 0.865. The molecule has 1 aliphatic heterocycles. The number of ether oxygens (including phenoxy) is 1. The molecule has 2 rings (SSSR count). The summed E-state index contributed by atoms with van der Waals surface area (Å²) < 4.78 is 5.49. The summed E-state index contributed by atoms with van der Waals surface area (Å²) in [5.41, 5.74) is 4.19. The maximum Gasteiger partial charge on any atom is 0.122 e. The van der Waals surface area contributed by atoms with E-state index in [0.717, 1.165) is 18.8 Å². The molecule has 0 saturated carbocycles. The Morgan fingerprint density at radius 3 is 2.65 bits per heavy atom. The lowest BCUT2D eigenvalue weighted by molar-refractivity contribution is 0.407. The lowest BCUT2D eigenvalue weighted by atomic mass is 9.89. The van der Waals surface area contributed by atoms with Crippen LogP contribution < -0.4 is 10.1 Å². The highest BCUT2D eigenvalue weighted by Crippen LogP contribution is 2.34. The molecule has 1 unspecified atom stereocenters. The summed E-state index contributed by atoms with van der Waals surface area (Å²) in [4.78, 5) is 0. The van der Waals surface area contributed by atoms with Crippen molar-refractivity contribution in [3.05, 3.63) is 28.8 Å². The van der Waals surface area contributed by atoms with Crippen molar-refractivity contribution in [2.45, 2.75) is 39.0 Å². The number of hydrogen-bond donors (Lipinski definition) is 1. The van der Waals surface area contributed by atoms with E-state index >= 15 is 0 Å². The number of nitrogens with one attached hydrogen (secondary N) is 1. The number of hydrogen-bond acceptors (Lipinski definition) is 2. The molecule has 0 spiro atoms. The summed E-state index contributed by atoms with van der Waals surface area (Å²) in [5.74, 6) is 2.23. The van der Waals surface area contributed by atoms with Crippen LogP contribution in [0.1, 0.15) is 48.8 Å². The Morgan fingerprint density at radius 1 is 1.35 bits per heavy atom. The van der Waals surface area contributed by atoms with Gasteiger partial charge < -0.3 is 10.1 Å². The van der Waals surface area contributed by atoms with Gasteiger partial charge in [0, 0.05) is 6.54 Å². The van der Waals surface area contributed by atoms with Gasteiger partial charge in [-0.15, -0.1) is 0 Å². The van der Waals surface area contributed by atoms with Gasteiger partial charge in [-0.1, -0.05) is 19.9 Å². The van der Waals surface area contributed by atoms with E-state index in [1.165, 1.54) is 23.1 Å². The molecule has 1 N–H and O–H groups in total. The first-order valence-corrected chi connectivity index (χ1v) is 6.52. The first-order chi connectivity index (χ1) is 8.13. The summed E-state index contributed by atoms with van der Waals surface area (Å²) >= 11 is 0. The first kappa shape index (κ1) is 12.4. The molecule has 0 bridgehead atoms. The molecule has 1 fully saturated rings. The van der Waals surface area contributed by atoms with E-state index in [2.05, 4.69) is 38.2 Å². The lowest BCUT2D eigenvalue weighted by Crippen LogP contribution is -2.09. The van der Waals surface area contributed by atoms with Crippen molar-refractivity contribution in [1.82, 2.24) is 5.32 Å². The summed E-state index contributed by atoms with van der Waals surface area (Å²) in [6.45, 7) is 8.91. The van der Waals surface area contributed by atoms with Gasteiger partial charge in [-0.3, -0.25) is 0 Å². The van der Waals surface area contributed by atoms with Gasteiger partial charge in [-0.25, -0.2) is 0 Å². The molecular formula is C15H23NO. The SMILES string of the molecule is COc1cc(C)c(C2CCNC2)cc1C(C)C. The predicted octanol–water partition coefficient (Wildman–Crippen LogP) is 3.20. The van der Waals surface area contributed by atoms with Crippen molar-refractivity contribution in [1.29, 1.82) is 0 Å². The minimum Gasteiger partial charge on any atom is -0.496 e. The van der Waals surface area contributed by atoms with E-state index in [1.807, 2.05) is 0 Å². The van der Waals surface area contributed by atoms with Crippen LogP contribution in [-0.4, -0.2) is 20.2 Å². The fraction of sp³-hybridized carbons (Fsp3) is 0.600. The van der Waals surface area contributed by atoms with Crippen LogP contribution in [0.15, 0.2) is 12.1 Å². The molecule has 1 atom stereocenters. The molecular weight excluding hydrogens is 210 g/mol. The molecule has 17 heavy (non-hydrogen) atoms. The second kappa shape index (κ2) is 5.09. The van der Waals surface area contributed by atoms with E-state index in [0.29, 0.717) is 11.8 Å². The van der Waals surface area contributed by atoms with Gasteiger partial charge in [0.05, 0.1) is 7.11 Å². The van der Waals surface area contributed by atoms with Crippen molar-refractivity contribution in [2.75, 3.05) is 20.2 Å². The van der Waals surface area contributed by atoms with Crippen LogP contribution >= 0.6 is 0 Å². The zero-order valence-electron chi connectivity index (χ0n) is 11.3. The van der Waals surface area contributed by atoms with Crippen LogP contribution in [-0.2, 0) is 0 Å². The van der Waals surface area contributed by atoms with Gasteiger partial charge in [-0.05, 0) is 54.5 Å². The zero-order valence-corrected chi connectivity index (χ0v) is 11.3. The molecule has 1 aromatic carbocycles. The van der Waals surface area contributed by atoms with Gasteiger partial charge in [0.1, 0.15) is 5.75 Å². The maximum atomic E-state index is 5.49. The largest absolute Gasteiger partial charge is 0.496 e. The number of methoxy groups -OCH3 is 1. The summed E-state index contributed by atoms with van der Waals surface area (Å²) in [5, 5.41) is 3.44. The average molecular weight is 233 g/mol. The Labute approximate surface area is 104 Å². The van der Waals surface area contributed by atoms with E-state index in [4.69, 9.17) is 4.74 Å². The molecule has 0 amide bonds. The van der Waals surface area contributed by atoms with Gasteiger partial charge in [0.15, 0.2) is 0 Å². The summed E-state index contributed by atoms with van der Waals surface area (Å²) in [6.07, 6.45) is 1.25. The Morgan fingerprint density at radius 2 is 2.12 bits per heavy atom. The molecule has 0 aliphatic carbocycles. The van der Waals surface area contributed by atoms with E-state index in [9.17, 15) is 0 Å². The third-order valence-electron chi connectivity index (χ3n) is 3.74. The molecule has 1 heterocycles. The predicted molar refractivity (Wildman–Crippen MR) is 72.0 cm³/mol. The number of aryl methyl sites for hydroxylation is 1. The van der Waals surface area contributed by atoms with Crippen LogP contribution in [0.4, 0.5) is 0 Å². The standard InChI is InChI=1S/C15H23NO/c1-10(2)13-8-14(12-5-6-16-9-12)11(3)7-15(13)17-4/h7-8,10,12,16H,5-6,9H2,1-4H3. The van der Waals surface area contributed by atoms with E-state index < -0.39 is 0 Å². The van der Waals surface area contributed by atoms with Crippen LogP contribution in [0.25, 0.3) is 0 Å². The van der Waals surface area contributed by atoms with Gasteiger partial charge in [0.25, 0.3) is 0 Å². The fourth-order valence-corrected chi connectivity index (χ4v) is 2.70. The smallest absolute Gasteiger partial charge is 0.122 e. The van der Waals surface area contributed by atoms with Crippen molar-refractivity contribution >= 4 is 0 Å². The molecule has 94 valence electrons. The molecule has 1 aromatic rings. The Kier molecular flexibility index (Phi) is 3.72. The Bertz CT molecular complexity index is 392. The molecule has 0 radical (unpaired) electrons. The van der Waals surface area contributed by atoms with Crippen LogP contribution in [0.5, 0.6) is 5.75 Å². The molecule has 2 heteroatoms. The van der Waals surface area contributed by atoms with Gasteiger partial charge in [-0.2, -0.15) is 0 Å². The molecule has 0 aromatic heterocycles. The summed E-state index contributed by atoms with van der Waals surface area (Å²) in [6, 6.07) is 4.56. The molecule has 1 aliphatic rings. The van der Waals surface area contributed by atoms with Crippen LogP contribution in [0.2, 0.25) is 0 Å². The van der Waals surface area contributed by atoms with Crippen molar-refractivity contribution < 1.29 is 4.74 Å². The molecule has 2 nitrogen and oxygen atoms in total. The number of rotatable bonds is 3. The second-order valence-corrected chi connectivity index (χ2v) is 5.30. The Balaban J connectivity index is 2.42. The number of benzene rings is 1. The third kappa shape index (κ3) is 2.47. The van der Waals surface area contributed by atoms with Crippen molar-refractivity contribution in [2.24, 2.45) is 0 Å². The van der Waals surface area contributed by atoms with Crippen molar-refractivity contribution in [3.8, 4) is 5.75 Å². The average Bonchev–Trinajstić information content (AvgIpc) is 2.81. The highest BCUT2D eigenvalue weighted by molar-refractivity contribution is 5.45. The lowest BCUT2D eigenvalue weighted by Gasteiger charge is -2.19.